The van der Waals surface area contributed by atoms with E-state index in [-0.39, 0.29) is 26.0 Å². The Morgan fingerprint density at radius 1 is 1.07 bits per heavy atom. The molecule has 0 aliphatic heterocycles. The number of hydrazone groups is 1. The summed E-state index contributed by atoms with van der Waals surface area (Å²) in [5, 5.41) is 4.29. The van der Waals surface area contributed by atoms with Gasteiger partial charge in [-0.25, -0.2) is 13.8 Å². The second-order valence-corrected chi connectivity index (χ2v) is 10.0. The van der Waals surface area contributed by atoms with E-state index in [0.29, 0.717) is 5.71 Å². The lowest BCUT2D eigenvalue weighted by Crippen LogP contribution is -2.40. The maximum atomic E-state index is 13.2. The van der Waals surface area contributed by atoms with E-state index in [1.54, 1.807) is 31.2 Å². The number of carbonyl (C=O) groups excluding carboxylic acids is 1. The number of hydrogen-bond donors (Lipinski definition) is 1. The van der Waals surface area contributed by atoms with Crippen LogP contribution >= 0.6 is 23.2 Å². The Labute approximate surface area is 181 Å². The number of sulfonamides is 1. The number of hydrogen-bond acceptors (Lipinski definition) is 4. The predicted molar refractivity (Wildman–Crippen MR) is 118 cm³/mol. The van der Waals surface area contributed by atoms with E-state index in [4.69, 9.17) is 23.2 Å². The average molecular weight is 456 g/mol. The Balaban J connectivity index is 2.44. The van der Waals surface area contributed by atoms with Crippen LogP contribution in [0.4, 0.5) is 5.69 Å². The highest BCUT2D eigenvalue weighted by Gasteiger charge is 2.29. The first-order valence-corrected chi connectivity index (χ1v) is 11.0. The van der Waals surface area contributed by atoms with Crippen LogP contribution in [0.5, 0.6) is 0 Å². The van der Waals surface area contributed by atoms with E-state index < -0.39 is 22.5 Å². The summed E-state index contributed by atoms with van der Waals surface area (Å²) in [7, 11) is -4.07. The number of anilines is 1. The molecular formula is C20H23Cl2N3O3S. The van der Waals surface area contributed by atoms with Crippen molar-refractivity contribution in [3.8, 4) is 0 Å². The number of nitrogens with one attached hydrogen (secondary N) is 1. The Morgan fingerprint density at radius 3 is 2.28 bits per heavy atom. The molecule has 0 saturated carbocycles. The summed E-state index contributed by atoms with van der Waals surface area (Å²) in [6.45, 7) is 7.13. The van der Waals surface area contributed by atoms with Gasteiger partial charge in [-0.3, -0.25) is 9.10 Å². The van der Waals surface area contributed by atoms with Crippen LogP contribution in [0.25, 0.3) is 0 Å². The summed E-state index contributed by atoms with van der Waals surface area (Å²) in [6.07, 6.45) is 0. The molecule has 0 heterocycles. The minimum Gasteiger partial charge on any atom is -0.271 e. The third-order valence-electron chi connectivity index (χ3n) is 4.25. The molecule has 2 aromatic carbocycles. The van der Waals surface area contributed by atoms with Gasteiger partial charge < -0.3 is 0 Å². The zero-order chi connectivity index (χ0) is 21.8. The van der Waals surface area contributed by atoms with Gasteiger partial charge in [0.1, 0.15) is 6.54 Å². The van der Waals surface area contributed by atoms with Crippen LogP contribution in [-0.4, -0.2) is 26.6 Å². The summed E-state index contributed by atoms with van der Waals surface area (Å²) in [6, 6.07) is 12.4. The lowest BCUT2D eigenvalue weighted by Gasteiger charge is -2.25. The largest absolute Gasteiger partial charge is 0.271 e. The minimum atomic E-state index is -4.07. The van der Waals surface area contributed by atoms with Crippen molar-refractivity contribution in [3.05, 3.63) is 58.6 Å². The molecular weight excluding hydrogens is 433 g/mol. The van der Waals surface area contributed by atoms with Crippen LogP contribution in [-0.2, 0) is 14.8 Å². The predicted octanol–water partition coefficient (Wildman–Crippen LogP) is 4.73. The Bertz CT molecular complexity index is 1020. The zero-order valence-corrected chi connectivity index (χ0v) is 18.9. The van der Waals surface area contributed by atoms with Crippen molar-refractivity contribution in [1.29, 1.82) is 0 Å². The van der Waals surface area contributed by atoms with Crippen molar-refractivity contribution in [2.45, 2.75) is 32.6 Å². The van der Waals surface area contributed by atoms with Gasteiger partial charge in [-0.2, -0.15) is 5.10 Å². The minimum absolute atomic E-state index is 0.0261. The molecule has 2 rings (SSSR count). The number of benzene rings is 2. The molecule has 0 aromatic heterocycles. The van der Waals surface area contributed by atoms with E-state index >= 15 is 0 Å². The van der Waals surface area contributed by atoms with Crippen LogP contribution in [0.2, 0.25) is 10.0 Å². The van der Waals surface area contributed by atoms with E-state index in [1.165, 1.54) is 24.3 Å². The van der Waals surface area contributed by atoms with Crippen LogP contribution < -0.4 is 9.73 Å². The Hall–Kier alpha value is -2.09. The molecule has 0 bridgehead atoms. The monoisotopic (exact) mass is 455 g/mol. The van der Waals surface area contributed by atoms with Gasteiger partial charge in [-0.15, -0.1) is 0 Å². The summed E-state index contributed by atoms with van der Waals surface area (Å²) < 4.78 is 27.4. The van der Waals surface area contributed by atoms with Crippen LogP contribution in [0.3, 0.4) is 0 Å². The summed E-state index contributed by atoms with van der Waals surface area (Å²) in [4.78, 5) is 12.6. The molecule has 2 aromatic rings. The fourth-order valence-electron chi connectivity index (χ4n) is 2.18. The van der Waals surface area contributed by atoms with Gasteiger partial charge in [-0.05, 0) is 31.2 Å². The number of carbonyl (C=O) groups is 1. The topological polar surface area (TPSA) is 78.8 Å². The van der Waals surface area contributed by atoms with Gasteiger partial charge in [0.2, 0.25) is 0 Å². The maximum Gasteiger partial charge on any atom is 0.264 e. The molecule has 0 atom stereocenters. The first-order chi connectivity index (χ1) is 13.4. The fourth-order valence-corrected chi connectivity index (χ4v) is 4.09. The average Bonchev–Trinajstić information content (AvgIpc) is 2.66. The molecule has 0 radical (unpaired) electrons. The highest BCUT2D eigenvalue weighted by atomic mass is 35.5. The Kier molecular flexibility index (Phi) is 7.32. The second kappa shape index (κ2) is 9.15. The molecule has 0 aliphatic carbocycles. The molecule has 0 saturated heterocycles. The maximum absolute atomic E-state index is 13.2. The van der Waals surface area contributed by atoms with Crippen molar-refractivity contribution in [1.82, 2.24) is 5.43 Å². The van der Waals surface area contributed by atoms with Crippen molar-refractivity contribution in [2.24, 2.45) is 10.5 Å². The van der Waals surface area contributed by atoms with E-state index in [9.17, 15) is 13.2 Å². The highest BCUT2D eigenvalue weighted by molar-refractivity contribution is 7.92. The number of rotatable bonds is 6. The van der Waals surface area contributed by atoms with Gasteiger partial charge in [0.25, 0.3) is 15.9 Å². The SMILES string of the molecule is C/C(=N\NC(=O)CN(c1cccc(Cl)c1Cl)S(=O)(=O)c1ccccc1)C(C)(C)C. The normalized spacial score (nSPS) is 12.6. The molecule has 0 spiro atoms. The van der Waals surface area contributed by atoms with Crippen molar-refractivity contribution < 1.29 is 13.2 Å². The molecule has 9 heteroatoms. The van der Waals surface area contributed by atoms with Crippen LogP contribution in [0.15, 0.2) is 58.5 Å². The summed E-state index contributed by atoms with van der Waals surface area (Å²) in [5.74, 6) is -0.607. The first kappa shape index (κ1) is 23.2. The lowest BCUT2D eigenvalue weighted by atomic mass is 9.91. The van der Waals surface area contributed by atoms with Gasteiger partial charge in [-0.1, -0.05) is 68.2 Å². The molecule has 0 unspecified atom stereocenters. The standard InChI is InChI=1S/C20H23Cl2N3O3S/c1-14(20(2,3)4)23-24-18(26)13-25(17-12-8-11-16(21)19(17)22)29(27,28)15-9-6-5-7-10-15/h5-12H,13H2,1-4H3,(H,24,26)/b23-14+. The van der Waals surface area contributed by atoms with Crippen molar-refractivity contribution >= 4 is 50.5 Å². The fraction of sp³-hybridized carbons (Fsp3) is 0.300. The first-order valence-electron chi connectivity index (χ1n) is 8.80. The van der Waals surface area contributed by atoms with Gasteiger partial charge in [0.05, 0.1) is 20.6 Å². The molecule has 1 amide bonds. The molecule has 1 N–H and O–H groups in total. The van der Waals surface area contributed by atoms with Crippen LogP contribution in [0, 0.1) is 5.41 Å². The zero-order valence-electron chi connectivity index (χ0n) is 16.6. The smallest absolute Gasteiger partial charge is 0.264 e. The van der Waals surface area contributed by atoms with Gasteiger partial charge >= 0.3 is 0 Å². The number of amides is 1. The number of halogens is 2. The molecule has 0 fully saturated rings. The lowest BCUT2D eigenvalue weighted by molar-refractivity contribution is -0.119. The molecule has 29 heavy (non-hydrogen) atoms. The van der Waals surface area contributed by atoms with E-state index in [2.05, 4.69) is 10.5 Å². The second-order valence-electron chi connectivity index (χ2n) is 7.38. The van der Waals surface area contributed by atoms with Crippen LogP contribution in [0.1, 0.15) is 27.7 Å². The van der Waals surface area contributed by atoms with Crippen molar-refractivity contribution in [3.63, 3.8) is 0 Å². The molecule has 0 aliphatic rings. The quantitative estimate of drug-likeness (QED) is 0.504. The number of nitrogens with zero attached hydrogens (tertiary/aromatic N) is 2. The third-order valence-corrected chi connectivity index (χ3v) is 6.83. The third kappa shape index (κ3) is 5.72. The van der Waals surface area contributed by atoms with Gasteiger partial charge in [0, 0.05) is 11.1 Å². The molecule has 156 valence electrons. The van der Waals surface area contributed by atoms with E-state index in [0.717, 1.165) is 4.31 Å². The van der Waals surface area contributed by atoms with Gasteiger partial charge in [0.15, 0.2) is 0 Å². The van der Waals surface area contributed by atoms with E-state index in [1.807, 2.05) is 20.8 Å². The highest BCUT2D eigenvalue weighted by Crippen LogP contribution is 2.35. The van der Waals surface area contributed by atoms with Crippen molar-refractivity contribution in [2.75, 3.05) is 10.8 Å². The Morgan fingerprint density at radius 2 is 1.69 bits per heavy atom. The summed E-state index contributed by atoms with van der Waals surface area (Å²) >= 11 is 12.3. The molecule has 6 nitrogen and oxygen atoms in total. The summed E-state index contributed by atoms with van der Waals surface area (Å²) in [5.41, 5.74) is 2.98.